The third-order valence-electron chi connectivity index (χ3n) is 4.32. The SMILES string of the molecule is CC1(C)CC(=O)c2cc(-c3coc4cc(O)ccc4c3=O)ccc2O1. The van der Waals surface area contributed by atoms with Crippen LogP contribution in [0, 0.1) is 0 Å². The number of hydrogen-bond acceptors (Lipinski definition) is 5. The summed E-state index contributed by atoms with van der Waals surface area (Å²) in [5.41, 5.74) is 0.994. The van der Waals surface area contributed by atoms with E-state index in [1.54, 1.807) is 18.2 Å². The van der Waals surface area contributed by atoms with Crippen molar-refractivity contribution in [1.29, 1.82) is 0 Å². The largest absolute Gasteiger partial charge is 0.508 e. The monoisotopic (exact) mass is 336 g/mol. The molecule has 25 heavy (non-hydrogen) atoms. The molecule has 3 aromatic rings. The molecule has 2 heterocycles. The van der Waals surface area contributed by atoms with Crippen molar-refractivity contribution in [2.45, 2.75) is 25.9 Å². The van der Waals surface area contributed by atoms with Crippen LogP contribution in [0.1, 0.15) is 30.6 Å². The van der Waals surface area contributed by atoms with Crippen molar-refractivity contribution in [3.63, 3.8) is 0 Å². The van der Waals surface area contributed by atoms with E-state index in [2.05, 4.69) is 0 Å². The molecule has 1 N–H and O–H groups in total. The summed E-state index contributed by atoms with van der Waals surface area (Å²) in [5, 5.41) is 9.87. The van der Waals surface area contributed by atoms with E-state index < -0.39 is 5.60 Å². The van der Waals surface area contributed by atoms with Crippen molar-refractivity contribution in [3.05, 3.63) is 58.4 Å². The van der Waals surface area contributed by atoms with Crippen LogP contribution >= 0.6 is 0 Å². The molecule has 0 amide bonds. The molecule has 4 rings (SSSR count). The lowest BCUT2D eigenvalue weighted by molar-refractivity contribution is 0.0620. The Labute approximate surface area is 143 Å². The van der Waals surface area contributed by atoms with Crippen LogP contribution in [0.25, 0.3) is 22.1 Å². The van der Waals surface area contributed by atoms with Gasteiger partial charge in [0.05, 0.1) is 22.9 Å². The van der Waals surface area contributed by atoms with Gasteiger partial charge in [-0.1, -0.05) is 6.07 Å². The molecule has 5 nitrogen and oxygen atoms in total. The molecule has 0 bridgehead atoms. The second-order valence-electron chi connectivity index (χ2n) is 6.83. The average molecular weight is 336 g/mol. The molecule has 0 aliphatic carbocycles. The number of phenols is 1. The molecule has 0 fully saturated rings. The summed E-state index contributed by atoms with van der Waals surface area (Å²) in [7, 11) is 0. The van der Waals surface area contributed by atoms with Crippen molar-refractivity contribution < 1.29 is 19.1 Å². The summed E-state index contributed by atoms with van der Waals surface area (Å²) in [6, 6.07) is 9.48. The Hall–Kier alpha value is -3.08. The van der Waals surface area contributed by atoms with E-state index in [9.17, 15) is 14.7 Å². The van der Waals surface area contributed by atoms with Crippen LogP contribution in [0.2, 0.25) is 0 Å². The number of ether oxygens (including phenoxy) is 1. The number of hydrogen-bond donors (Lipinski definition) is 1. The van der Waals surface area contributed by atoms with Gasteiger partial charge in [0.1, 0.15) is 28.9 Å². The summed E-state index contributed by atoms with van der Waals surface area (Å²) in [5.74, 6) is 0.547. The van der Waals surface area contributed by atoms with Gasteiger partial charge < -0.3 is 14.3 Å². The first kappa shape index (κ1) is 15.4. The van der Waals surface area contributed by atoms with Crippen LogP contribution in [0.15, 0.2) is 51.9 Å². The van der Waals surface area contributed by atoms with Gasteiger partial charge in [-0.2, -0.15) is 0 Å². The topological polar surface area (TPSA) is 76.7 Å². The lowest BCUT2D eigenvalue weighted by atomic mass is 9.91. The van der Waals surface area contributed by atoms with Gasteiger partial charge in [0.25, 0.3) is 0 Å². The average Bonchev–Trinajstić information content (AvgIpc) is 2.54. The lowest BCUT2D eigenvalue weighted by Gasteiger charge is -2.31. The number of benzene rings is 2. The highest BCUT2D eigenvalue weighted by molar-refractivity contribution is 6.01. The summed E-state index contributed by atoms with van der Waals surface area (Å²) >= 11 is 0. The van der Waals surface area contributed by atoms with E-state index in [1.165, 1.54) is 24.5 Å². The first-order valence-electron chi connectivity index (χ1n) is 7.95. The minimum Gasteiger partial charge on any atom is -0.508 e. The van der Waals surface area contributed by atoms with Gasteiger partial charge in [0, 0.05) is 6.07 Å². The van der Waals surface area contributed by atoms with Gasteiger partial charge in [-0.15, -0.1) is 0 Å². The van der Waals surface area contributed by atoms with Crippen LogP contribution < -0.4 is 10.2 Å². The Morgan fingerprint density at radius 1 is 1.04 bits per heavy atom. The van der Waals surface area contributed by atoms with Crippen LogP contribution in [0.3, 0.4) is 0 Å². The van der Waals surface area contributed by atoms with Gasteiger partial charge in [0.15, 0.2) is 11.2 Å². The first-order chi connectivity index (χ1) is 11.8. The maximum Gasteiger partial charge on any atom is 0.200 e. The Morgan fingerprint density at radius 3 is 2.64 bits per heavy atom. The summed E-state index contributed by atoms with van der Waals surface area (Å²) in [4.78, 5) is 25.1. The van der Waals surface area contributed by atoms with Gasteiger partial charge in [-0.05, 0) is 43.7 Å². The van der Waals surface area contributed by atoms with E-state index in [0.717, 1.165) is 0 Å². The van der Waals surface area contributed by atoms with Gasteiger partial charge in [0.2, 0.25) is 0 Å². The zero-order valence-corrected chi connectivity index (χ0v) is 13.8. The number of carbonyl (C=O) groups is 1. The molecule has 0 atom stereocenters. The maximum atomic E-state index is 12.7. The summed E-state index contributed by atoms with van der Waals surface area (Å²) in [6.45, 7) is 3.74. The van der Waals surface area contributed by atoms with Crippen molar-refractivity contribution in [3.8, 4) is 22.6 Å². The molecule has 0 saturated carbocycles. The molecule has 0 radical (unpaired) electrons. The molecular weight excluding hydrogens is 320 g/mol. The van der Waals surface area contributed by atoms with E-state index in [1.807, 2.05) is 13.8 Å². The van der Waals surface area contributed by atoms with Crippen LogP contribution in [0.4, 0.5) is 0 Å². The van der Waals surface area contributed by atoms with Crippen molar-refractivity contribution in [2.75, 3.05) is 0 Å². The van der Waals surface area contributed by atoms with Crippen molar-refractivity contribution >= 4 is 16.8 Å². The maximum absolute atomic E-state index is 12.7. The number of fused-ring (bicyclic) bond motifs is 2. The lowest BCUT2D eigenvalue weighted by Crippen LogP contribution is -2.35. The Morgan fingerprint density at radius 2 is 1.84 bits per heavy atom. The van der Waals surface area contributed by atoms with Gasteiger partial charge >= 0.3 is 0 Å². The fourth-order valence-electron chi connectivity index (χ4n) is 3.14. The second kappa shape index (κ2) is 5.21. The molecule has 0 unspecified atom stereocenters. The van der Waals surface area contributed by atoms with E-state index in [0.29, 0.717) is 33.4 Å². The molecular formula is C20H16O5. The fourth-order valence-corrected chi connectivity index (χ4v) is 3.14. The highest BCUT2D eigenvalue weighted by Crippen LogP contribution is 2.35. The van der Waals surface area contributed by atoms with E-state index in [4.69, 9.17) is 9.15 Å². The fraction of sp³-hybridized carbons (Fsp3) is 0.200. The van der Waals surface area contributed by atoms with Crippen LogP contribution in [-0.2, 0) is 0 Å². The number of ketones is 1. The van der Waals surface area contributed by atoms with E-state index >= 15 is 0 Å². The standard InChI is InChI=1S/C20H16O5/c1-20(2)9-16(22)14-7-11(3-6-17(14)25-20)15-10-24-18-8-12(21)4-5-13(18)19(15)23/h3-8,10,21H,9H2,1-2H3. The van der Waals surface area contributed by atoms with Crippen LogP contribution in [-0.4, -0.2) is 16.5 Å². The van der Waals surface area contributed by atoms with Crippen molar-refractivity contribution in [2.24, 2.45) is 0 Å². The first-order valence-corrected chi connectivity index (χ1v) is 7.95. The predicted molar refractivity (Wildman–Crippen MR) is 93.2 cm³/mol. The molecule has 126 valence electrons. The Bertz CT molecular complexity index is 1080. The molecule has 1 aromatic heterocycles. The number of aromatic hydroxyl groups is 1. The molecule has 5 heteroatoms. The molecule has 0 saturated heterocycles. The Balaban J connectivity index is 1.87. The molecule has 2 aromatic carbocycles. The Kier molecular flexibility index (Phi) is 3.22. The summed E-state index contributed by atoms with van der Waals surface area (Å²) < 4.78 is 11.3. The number of Topliss-reactive ketones (excluding diaryl/α,β-unsaturated/α-hetero) is 1. The summed E-state index contributed by atoms with van der Waals surface area (Å²) in [6.07, 6.45) is 1.64. The molecule has 1 aliphatic rings. The third-order valence-corrected chi connectivity index (χ3v) is 4.32. The number of phenolic OH excluding ortho intramolecular Hbond substituents is 1. The molecule has 0 spiro atoms. The highest BCUT2D eigenvalue weighted by atomic mass is 16.5. The minimum atomic E-state index is -0.532. The normalized spacial score (nSPS) is 15.7. The highest BCUT2D eigenvalue weighted by Gasteiger charge is 2.32. The number of rotatable bonds is 1. The third kappa shape index (κ3) is 2.58. The zero-order valence-electron chi connectivity index (χ0n) is 13.8. The predicted octanol–water partition coefficient (Wildman–Crippen LogP) is 3.91. The van der Waals surface area contributed by atoms with Gasteiger partial charge in [-0.25, -0.2) is 0 Å². The van der Waals surface area contributed by atoms with Crippen molar-refractivity contribution in [1.82, 2.24) is 0 Å². The number of carbonyl (C=O) groups excluding carboxylic acids is 1. The second-order valence-corrected chi connectivity index (χ2v) is 6.83. The van der Waals surface area contributed by atoms with E-state index in [-0.39, 0.29) is 23.4 Å². The minimum absolute atomic E-state index is 0.0109. The quantitative estimate of drug-likeness (QED) is 0.729. The smallest absolute Gasteiger partial charge is 0.200 e. The van der Waals surface area contributed by atoms with Gasteiger partial charge in [-0.3, -0.25) is 9.59 Å². The molecule has 1 aliphatic heterocycles. The zero-order chi connectivity index (χ0) is 17.8. The van der Waals surface area contributed by atoms with Crippen LogP contribution in [0.5, 0.6) is 11.5 Å².